The average molecular weight is 1160 g/mol. The van der Waals surface area contributed by atoms with E-state index in [9.17, 15) is 19.0 Å². The van der Waals surface area contributed by atoms with Gasteiger partial charge in [-0.25, -0.2) is 4.57 Å². The van der Waals surface area contributed by atoms with Crippen molar-refractivity contribution in [2.75, 3.05) is 40.9 Å². The number of rotatable bonds is 60. The van der Waals surface area contributed by atoms with Crippen LogP contribution < -0.4 is 5.32 Å². The van der Waals surface area contributed by atoms with Crippen LogP contribution in [0.15, 0.2) is 109 Å². The van der Waals surface area contributed by atoms with Crippen LogP contribution in [-0.4, -0.2) is 74.3 Å². The molecule has 0 fully saturated rings. The Morgan fingerprint density at radius 2 is 0.780 bits per heavy atom. The number of phosphoric ester groups is 1. The summed E-state index contributed by atoms with van der Waals surface area (Å²) in [6, 6.07) is -0.863. The molecule has 0 aliphatic heterocycles. The van der Waals surface area contributed by atoms with Crippen LogP contribution in [0.4, 0.5) is 0 Å². The maximum Gasteiger partial charge on any atom is 0.472 e. The Balaban J connectivity index is 5.14. The van der Waals surface area contributed by atoms with Crippen molar-refractivity contribution in [1.82, 2.24) is 5.32 Å². The molecule has 82 heavy (non-hydrogen) atoms. The van der Waals surface area contributed by atoms with Crippen LogP contribution in [0.3, 0.4) is 0 Å². The fourth-order valence-corrected chi connectivity index (χ4v) is 10.0. The van der Waals surface area contributed by atoms with Crippen molar-refractivity contribution in [3.8, 4) is 0 Å². The summed E-state index contributed by atoms with van der Waals surface area (Å²) < 4.78 is 30.8. The molecule has 2 N–H and O–H groups in total. The maximum atomic E-state index is 13.6. The molecule has 0 saturated heterocycles. The number of phosphoric acid groups is 1. The van der Waals surface area contributed by atoms with E-state index >= 15 is 0 Å². The Kier molecular flexibility index (Phi) is 58.3. The molecule has 0 rings (SSSR count). The van der Waals surface area contributed by atoms with Crippen molar-refractivity contribution in [3.05, 3.63) is 109 Å². The summed E-state index contributed by atoms with van der Waals surface area (Å²) >= 11 is 0. The monoisotopic (exact) mass is 1160 g/mol. The van der Waals surface area contributed by atoms with Gasteiger partial charge in [0, 0.05) is 12.8 Å². The van der Waals surface area contributed by atoms with E-state index in [-0.39, 0.29) is 31.5 Å². The van der Waals surface area contributed by atoms with Gasteiger partial charge in [-0.3, -0.25) is 18.6 Å². The standard InChI is InChI=1S/C72H127N2O7P/c1-7-10-13-16-19-22-25-28-30-32-33-34-35-36-37-38-39-40-41-43-45-47-50-53-56-59-62-65-72(76)81-70(63-60-57-54-51-48-27-24-21-18-15-12-9-3)69(68-80-82(77,78)79-67-66-74(4,5)6)73-71(75)64-61-58-55-52-49-46-44-42-31-29-26-23-20-17-14-11-8-2/h10,13,19-20,22-23,28-31,33-34,36-37,39-40,60,63,69-70H,7-9,11-12,14-18,21,24-27,32,35,38,41-59,61-62,64-68H2,1-6H3,(H-,73,75,77,78)/p+1/b13-10-,22-19-,23-20-,30-28-,31-29-,34-33-,37-36-,40-39-,63-60-. The zero-order valence-corrected chi connectivity index (χ0v) is 54.8. The summed E-state index contributed by atoms with van der Waals surface area (Å²) in [4.78, 5) is 37.8. The van der Waals surface area contributed by atoms with Gasteiger partial charge in [0.15, 0.2) is 0 Å². The van der Waals surface area contributed by atoms with Crippen molar-refractivity contribution >= 4 is 19.7 Å². The molecule has 0 aliphatic carbocycles. The first kappa shape index (κ1) is 78.7. The lowest BCUT2D eigenvalue weighted by molar-refractivity contribution is -0.870. The molecule has 0 aromatic carbocycles. The summed E-state index contributed by atoms with van der Waals surface area (Å²) in [5.74, 6) is -0.525. The number of amides is 1. The first-order chi connectivity index (χ1) is 39.9. The first-order valence-electron chi connectivity index (χ1n) is 33.7. The number of unbranched alkanes of at least 4 members (excludes halogenated alkanes) is 28. The predicted octanol–water partition coefficient (Wildman–Crippen LogP) is 21.3. The van der Waals surface area contributed by atoms with Crippen molar-refractivity contribution in [2.24, 2.45) is 0 Å². The number of hydrogen-bond donors (Lipinski definition) is 2. The van der Waals surface area contributed by atoms with Crippen molar-refractivity contribution < 1.29 is 37.3 Å². The number of ether oxygens (including phenoxy) is 1. The van der Waals surface area contributed by atoms with E-state index in [4.69, 9.17) is 13.8 Å². The molecule has 0 radical (unpaired) electrons. The highest BCUT2D eigenvalue weighted by Gasteiger charge is 2.30. The number of allylic oxidation sites excluding steroid dienone is 17. The Morgan fingerprint density at radius 3 is 1.20 bits per heavy atom. The fourth-order valence-electron chi connectivity index (χ4n) is 9.27. The summed E-state index contributed by atoms with van der Waals surface area (Å²) in [6.45, 7) is 6.86. The lowest BCUT2D eigenvalue weighted by Crippen LogP contribution is -2.47. The van der Waals surface area contributed by atoms with E-state index < -0.39 is 20.0 Å². The van der Waals surface area contributed by atoms with Gasteiger partial charge in [-0.2, -0.15) is 0 Å². The van der Waals surface area contributed by atoms with E-state index in [2.05, 4.69) is 123 Å². The summed E-state index contributed by atoms with van der Waals surface area (Å²) in [7, 11) is 1.48. The number of nitrogens with zero attached hydrogens (tertiary/aromatic N) is 1. The second-order valence-corrected chi connectivity index (χ2v) is 25.1. The molecule has 0 saturated carbocycles. The van der Waals surface area contributed by atoms with Gasteiger partial charge in [0.25, 0.3) is 0 Å². The Labute approximate surface area is 506 Å². The molecule has 3 atom stereocenters. The molecule has 0 aliphatic rings. The number of carbonyl (C=O) groups excluding carboxylic acids is 2. The minimum absolute atomic E-state index is 0.0325. The van der Waals surface area contributed by atoms with Crippen LogP contribution in [0.5, 0.6) is 0 Å². The first-order valence-corrected chi connectivity index (χ1v) is 35.2. The number of carbonyl (C=O) groups is 2. The van der Waals surface area contributed by atoms with Crippen LogP contribution in [-0.2, 0) is 27.9 Å². The SMILES string of the molecule is CC/C=C\C/C=C\C/C=C\C/C=C\C/C=C\C/C=C\CCCCCCCCCCC(=O)OC(/C=C\CCCCCCCCCCCC)C(COP(=O)(O)OCC[N+](C)(C)C)NC(=O)CCCCCCCCC/C=C\C/C=C\CCCCC. The van der Waals surface area contributed by atoms with E-state index in [1.165, 1.54) is 122 Å². The quantitative estimate of drug-likeness (QED) is 0.0205. The van der Waals surface area contributed by atoms with Gasteiger partial charge in [-0.05, 0) is 115 Å². The van der Waals surface area contributed by atoms with Gasteiger partial charge in [0.2, 0.25) is 5.91 Å². The Hall–Kier alpha value is -3.33. The van der Waals surface area contributed by atoms with Crippen LogP contribution >= 0.6 is 7.82 Å². The maximum absolute atomic E-state index is 13.6. The zero-order valence-electron chi connectivity index (χ0n) is 54.0. The van der Waals surface area contributed by atoms with E-state index in [0.717, 1.165) is 128 Å². The highest BCUT2D eigenvalue weighted by atomic mass is 31.2. The van der Waals surface area contributed by atoms with E-state index in [1.54, 1.807) is 0 Å². The van der Waals surface area contributed by atoms with Gasteiger partial charge in [-0.15, -0.1) is 0 Å². The Bertz CT molecular complexity index is 1770. The zero-order chi connectivity index (χ0) is 60.0. The third kappa shape index (κ3) is 61.2. The normalized spacial score (nSPS) is 14.3. The highest BCUT2D eigenvalue weighted by molar-refractivity contribution is 7.47. The number of quaternary nitrogens is 1. The molecule has 10 heteroatoms. The smallest absolute Gasteiger partial charge is 0.456 e. The third-order valence-electron chi connectivity index (χ3n) is 14.4. The van der Waals surface area contributed by atoms with Crippen LogP contribution in [0, 0.1) is 0 Å². The number of likely N-dealkylation sites (N-methyl/N-ethyl adjacent to an activating group) is 1. The van der Waals surface area contributed by atoms with Crippen molar-refractivity contribution in [3.63, 3.8) is 0 Å². The molecule has 0 bridgehead atoms. The van der Waals surface area contributed by atoms with Crippen molar-refractivity contribution in [2.45, 2.75) is 296 Å². The van der Waals surface area contributed by atoms with Gasteiger partial charge >= 0.3 is 13.8 Å². The van der Waals surface area contributed by atoms with E-state index in [0.29, 0.717) is 17.4 Å². The highest BCUT2D eigenvalue weighted by Crippen LogP contribution is 2.43. The Morgan fingerprint density at radius 1 is 0.439 bits per heavy atom. The molecule has 0 heterocycles. The fraction of sp³-hybridized carbons (Fsp3) is 0.722. The third-order valence-corrected chi connectivity index (χ3v) is 15.4. The molecule has 0 aromatic heterocycles. The predicted molar refractivity (Wildman–Crippen MR) is 355 cm³/mol. The largest absolute Gasteiger partial charge is 0.472 e. The topological polar surface area (TPSA) is 111 Å². The molecule has 3 unspecified atom stereocenters. The van der Waals surface area contributed by atoms with Gasteiger partial charge < -0.3 is 19.4 Å². The second-order valence-electron chi connectivity index (χ2n) is 23.6. The second kappa shape index (κ2) is 60.8. The van der Waals surface area contributed by atoms with E-state index in [1.807, 2.05) is 33.3 Å². The van der Waals surface area contributed by atoms with Gasteiger partial charge in [0.05, 0.1) is 33.8 Å². The van der Waals surface area contributed by atoms with Gasteiger partial charge in [0.1, 0.15) is 19.3 Å². The average Bonchev–Trinajstić information content (AvgIpc) is 3.44. The molecular formula is C72H128N2O7P+. The summed E-state index contributed by atoms with van der Waals surface area (Å²) in [5.41, 5.74) is 0. The van der Waals surface area contributed by atoms with Crippen LogP contribution in [0.1, 0.15) is 284 Å². The number of esters is 1. The van der Waals surface area contributed by atoms with Crippen LogP contribution in [0.25, 0.3) is 0 Å². The lowest BCUT2D eigenvalue weighted by Gasteiger charge is -2.27. The van der Waals surface area contributed by atoms with Crippen molar-refractivity contribution in [1.29, 1.82) is 0 Å². The molecule has 0 spiro atoms. The number of hydrogen-bond acceptors (Lipinski definition) is 6. The molecular weight excluding hydrogens is 1040 g/mol. The number of nitrogens with one attached hydrogen (secondary N) is 1. The molecule has 472 valence electrons. The summed E-state index contributed by atoms with van der Waals surface area (Å²) in [6.07, 6.45) is 83.7. The molecule has 1 amide bonds. The molecule has 9 nitrogen and oxygen atoms in total. The lowest BCUT2D eigenvalue weighted by atomic mass is 10.0. The minimum atomic E-state index is -4.46. The van der Waals surface area contributed by atoms with Gasteiger partial charge in [-0.1, -0.05) is 265 Å². The molecule has 0 aromatic rings. The van der Waals surface area contributed by atoms with Crippen LogP contribution in [0.2, 0.25) is 0 Å². The minimum Gasteiger partial charge on any atom is -0.456 e. The summed E-state index contributed by atoms with van der Waals surface area (Å²) in [5, 5.41) is 3.06.